The number of fused-ring (bicyclic) bond motifs is 4. The monoisotopic (exact) mass is 336 g/mol. The van der Waals surface area contributed by atoms with Gasteiger partial charge in [-0.1, -0.05) is 26.7 Å². The Morgan fingerprint density at radius 3 is 2.58 bits per heavy atom. The highest BCUT2D eigenvalue weighted by molar-refractivity contribution is 6.28. The molecule has 0 spiro atoms. The zero-order valence-electron chi connectivity index (χ0n) is 13.6. The third-order valence-electron chi connectivity index (χ3n) is 6.68. The summed E-state index contributed by atoms with van der Waals surface area (Å²) in [4.78, 5) is 37.2. The smallest absolute Gasteiger partial charge is 0.382 e. The highest BCUT2D eigenvalue weighted by atomic mass is 16.6. The molecule has 0 aromatic heterocycles. The van der Waals surface area contributed by atoms with Crippen LogP contribution in [0.25, 0.3) is 0 Å². The summed E-state index contributed by atoms with van der Waals surface area (Å²) >= 11 is 0. The maximum atomic E-state index is 13.2. The van der Waals surface area contributed by atoms with E-state index in [9.17, 15) is 24.6 Å². The van der Waals surface area contributed by atoms with E-state index in [1.165, 1.54) is 0 Å². The molecule has 24 heavy (non-hydrogen) atoms. The van der Waals surface area contributed by atoms with E-state index in [2.05, 4.69) is 4.74 Å². The zero-order chi connectivity index (χ0) is 17.4. The molecule has 2 bridgehead atoms. The number of hydrogen-bond acceptors (Lipinski definition) is 7. The molecule has 2 aliphatic carbocycles. The van der Waals surface area contributed by atoms with Crippen LogP contribution in [0, 0.1) is 17.3 Å². The van der Waals surface area contributed by atoms with Gasteiger partial charge in [-0.15, -0.1) is 0 Å². The number of Topliss-reactive ketones (excluding diaryl/α,β-unsaturated/α-hetero) is 1. The van der Waals surface area contributed by atoms with Gasteiger partial charge in [-0.3, -0.25) is 4.79 Å². The van der Waals surface area contributed by atoms with Gasteiger partial charge < -0.3 is 19.7 Å². The lowest BCUT2D eigenvalue weighted by atomic mass is 9.48. The number of carbonyl (C=O) groups excluding carboxylic acids is 3. The van der Waals surface area contributed by atoms with E-state index in [1.807, 2.05) is 0 Å². The maximum Gasteiger partial charge on any atom is 0.382 e. The summed E-state index contributed by atoms with van der Waals surface area (Å²) in [5.41, 5.74) is -2.95. The lowest BCUT2D eigenvalue weighted by Crippen LogP contribution is -2.69. The summed E-state index contributed by atoms with van der Waals surface area (Å²) in [6, 6.07) is 0. The molecular weight excluding hydrogens is 316 g/mol. The van der Waals surface area contributed by atoms with Crippen molar-refractivity contribution < 1.29 is 34.1 Å². The summed E-state index contributed by atoms with van der Waals surface area (Å²) in [6.07, 6.45) is 0.299. The van der Waals surface area contributed by atoms with E-state index >= 15 is 0 Å². The molecule has 130 valence electrons. The second-order valence-electron chi connectivity index (χ2n) is 7.60. The predicted molar refractivity (Wildman–Crippen MR) is 78.2 cm³/mol. The molecule has 2 heterocycles. The standard InChI is InChI=1S/C17H20O7/c1-7-10-13(19)17(22)6-4-3-5-8(17)16(7,2)12(18)9-11(23-10)15(21)24-14(9)20/h7-8,10,13,19,22H,3-6H2,1-2H3/t7-,8+,10+,13-,16-,17+/m1/s1. The summed E-state index contributed by atoms with van der Waals surface area (Å²) in [5.74, 6) is -3.93. The van der Waals surface area contributed by atoms with Crippen molar-refractivity contribution >= 4 is 17.7 Å². The van der Waals surface area contributed by atoms with Crippen LogP contribution in [0.4, 0.5) is 0 Å². The first-order valence-electron chi connectivity index (χ1n) is 8.35. The fourth-order valence-corrected chi connectivity index (χ4v) is 5.19. The number of ketones is 1. The minimum Gasteiger partial charge on any atom is -0.479 e. The average Bonchev–Trinajstić information content (AvgIpc) is 2.78. The third kappa shape index (κ3) is 1.61. The molecule has 2 saturated carbocycles. The van der Waals surface area contributed by atoms with Gasteiger partial charge in [0.2, 0.25) is 5.76 Å². The molecule has 0 aromatic carbocycles. The topological polar surface area (TPSA) is 110 Å². The van der Waals surface area contributed by atoms with Crippen LogP contribution < -0.4 is 0 Å². The van der Waals surface area contributed by atoms with Crippen LogP contribution in [0.3, 0.4) is 0 Å². The molecule has 0 radical (unpaired) electrons. The van der Waals surface area contributed by atoms with Crippen molar-refractivity contribution in [2.75, 3.05) is 0 Å². The van der Waals surface area contributed by atoms with Crippen molar-refractivity contribution in [1.29, 1.82) is 0 Å². The second-order valence-corrected chi connectivity index (χ2v) is 7.60. The molecule has 2 aliphatic heterocycles. The van der Waals surface area contributed by atoms with Gasteiger partial charge in [0.25, 0.3) is 0 Å². The second kappa shape index (κ2) is 4.67. The lowest BCUT2D eigenvalue weighted by molar-refractivity contribution is -0.248. The van der Waals surface area contributed by atoms with Crippen LogP contribution in [-0.4, -0.2) is 45.7 Å². The van der Waals surface area contributed by atoms with Crippen molar-refractivity contribution in [3.05, 3.63) is 11.3 Å². The summed E-state index contributed by atoms with van der Waals surface area (Å²) in [7, 11) is 0. The van der Waals surface area contributed by atoms with E-state index in [0.717, 1.165) is 12.8 Å². The Labute approximate surface area is 138 Å². The fraction of sp³-hybridized carbons (Fsp3) is 0.706. The largest absolute Gasteiger partial charge is 0.479 e. The number of aliphatic hydroxyl groups excluding tert-OH is 1. The van der Waals surface area contributed by atoms with E-state index in [4.69, 9.17) is 4.74 Å². The first-order chi connectivity index (χ1) is 11.2. The molecule has 7 nitrogen and oxygen atoms in total. The van der Waals surface area contributed by atoms with Crippen molar-refractivity contribution in [3.63, 3.8) is 0 Å². The Kier molecular flexibility index (Phi) is 3.07. The number of ether oxygens (including phenoxy) is 2. The number of cyclic esters (lactones) is 2. The Morgan fingerprint density at radius 1 is 1.17 bits per heavy atom. The van der Waals surface area contributed by atoms with Crippen LogP contribution in [0.15, 0.2) is 11.3 Å². The van der Waals surface area contributed by atoms with Crippen molar-refractivity contribution in [2.24, 2.45) is 17.3 Å². The molecule has 0 unspecified atom stereocenters. The first kappa shape index (κ1) is 15.8. The average molecular weight is 336 g/mol. The van der Waals surface area contributed by atoms with Gasteiger partial charge in [0.15, 0.2) is 11.4 Å². The summed E-state index contributed by atoms with van der Waals surface area (Å²) < 4.78 is 10.2. The molecule has 0 aromatic rings. The lowest BCUT2D eigenvalue weighted by Gasteiger charge is -2.58. The van der Waals surface area contributed by atoms with E-state index in [0.29, 0.717) is 12.8 Å². The molecule has 4 aliphatic rings. The quantitative estimate of drug-likeness (QED) is 0.370. The van der Waals surface area contributed by atoms with Crippen molar-refractivity contribution in [3.8, 4) is 0 Å². The molecule has 2 N–H and O–H groups in total. The molecule has 6 atom stereocenters. The normalized spacial score (nSPS) is 47.6. The highest BCUT2D eigenvalue weighted by Gasteiger charge is 2.69. The Morgan fingerprint density at radius 2 is 1.88 bits per heavy atom. The van der Waals surface area contributed by atoms with Gasteiger partial charge in [0.05, 0.1) is 5.60 Å². The summed E-state index contributed by atoms with van der Waals surface area (Å²) in [6.45, 7) is 3.47. The van der Waals surface area contributed by atoms with E-state index < -0.39 is 58.5 Å². The molecule has 7 heteroatoms. The van der Waals surface area contributed by atoms with Crippen LogP contribution in [0.1, 0.15) is 39.5 Å². The Hall–Kier alpha value is -1.73. The van der Waals surface area contributed by atoms with Gasteiger partial charge in [0, 0.05) is 17.3 Å². The first-order valence-corrected chi connectivity index (χ1v) is 8.35. The van der Waals surface area contributed by atoms with Crippen LogP contribution >= 0.6 is 0 Å². The Bertz CT molecular complexity index is 695. The minimum absolute atomic E-state index is 0.358. The van der Waals surface area contributed by atoms with Gasteiger partial charge in [-0.05, 0) is 12.8 Å². The zero-order valence-corrected chi connectivity index (χ0v) is 13.6. The fourth-order valence-electron chi connectivity index (χ4n) is 5.19. The number of aliphatic hydroxyl groups is 2. The van der Waals surface area contributed by atoms with Gasteiger partial charge >= 0.3 is 11.9 Å². The number of hydrogen-bond donors (Lipinski definition) is 2. The molecular formula is C17H20O7. The highest BCUT2D eigenvalue weighted by Crippen LogP contribution is 2.59. The van der Waals surface area contributed by atoms with Crippen molar-refractivity contribution in [1.82, 2.24) is 0 Å². The minimum atomic E-state index is -1.47. The molecule has 0 saturated heterocycles. The van der Waals surface area contributed by atoms with Gasteiger partial charge in [-0.2, -0.15) is 0 Å². The number of rotatable bonds is 0. The summed E-state index contributed by atoms with van der Waals surface area (Å²) in [5, 5.41) is 22.0. The maximum absolute atomic E-state index is 13.2. The number of carbonyl (C=O) groups is 3. The SMILES string of the molecule is C[C@@H]1[C@@H]2OC3=C(C(=O)OC3=O)C(=O)[C@@]1(C)[C@@H]1CCCC[C@@]1(O)[C@@H]2O. The third-order valence-corrected chi connectivity index (χ3v) is 6.68. The molecule has 4 rings (SSSR count). The predicted octanol–water partition coefficient (Wildman–Crippen LogP) is 0.230. The van der Waals surface area contributed by atoms with E-state index in [1.54, 1.807) is 13.8 Å². The van der Waals surface area contributed by atoms with Crippen LogP contribution in [-0.2, 0) is 23.9 Å². The van der Waals surface area contributed by atoms with Crippen molar-refractivity contribution in [2.45, 2.75) is 57.3 Å². The van der Waals surface area contributed by atoms with Crippen LogP contribution in [0.2, 0.25) is 0 Å². The Balaban J connectivity index is 1.94. The molecule has 2 fully saturated rings. The van der Waals surface area contributed by atoms with E-state index in [-0.39, 0.29) is 5.57 Å². The van der Waals surface area contributed by atoms with Gasteiger partial charge in [-0.25, -0.2) is 9.59 Å². The number of esters is 2. The van der Waals surface area contributed by atoms with Gasteiger partial charge in [0.1, 0.15) is 12.2 Å². The van der Waals surface area contributed by atoms with Crippen LogP contribution in [0.5, 0.6) is 0 Å². The molecule has 0 amide bonds.